The summed E-state index contributed by atoms with van der Waals surface area (Å²) in [6.07, 6.45) is 1.74. The third-order valence-electron chi connectivity index (χ3n) is 4.64. The van der Waals surface area contributed by atoms with Gasteiger partial charge in [0.2, 0.25) is 15.8 Å². The summed E-state index contributed by atoms with van der Waals surface area (Å²) < 4.78 is 44.1. The van der Waals surface area contributed by atoms with E-state index < -0.39 is 10.0 Å². The maximum atomic E-state index is 13.2. The smallest absolute Gasteiger partial charge is 0.243 e. The summed E-state index contributed by atoms with van der Waals surface area (Å²) in [5.74, 6) is 1.51. The van der Waals surface area contributed by atoms with Gasteiger partial charge in [0, 0.05) is 12.6 Å². The molecular formula is C20H25NO5S. The van der Waals surface area contributed by atoms with Crippen molar-refractivity contribution in [2.75, 3.05) is 21.3 Å². The maximum Gasteiger partial charge on any atom is 0.243 e. The van der Waals surface area contributed by atoms with Crippen LogP contribution in [0, 0.1) is 6.92 Å². The first-order chi connectivity index (χ1) is 12.9. The van der Waals surface area contributed by atoms with E-state index in [4.69, 9.17) is 14.2 Å². The number of nitrogens with zero attached hydrogens (tertiary/aromatic N) is 1. The zero-order valence-electron chi connectivity index (χ0n) is 16.1. The zero-order valence-corrected chi connectivity index (χ0v) is 16.9. The van der Waals surface area contributed by atoms with Gasteiger partial charge in [-0.3, -0.25) is 0 Å². The summed E-state index contributed by atoms with van der Waals surface area (Å²) in [4.78, 5) is 0.312. The summed E-state index contributed by atoms with van der Waals surface area (Å²) in [7, 11) is 1.04. The van der Waals surface area contributed by atoms with Crippen LogP contribution in [0.1, 0.15) is 24.0 Å². The van der Waals surface area contributed by atoms with Gasteiger partial charge in [-0.15, -0.1) is 0 Å². The van der Waals surface area contributed by atoms with E-state index >= 15 is 0 Å². The zero-order chi connectivity index (χ0) is 19.6. The van der Waals surface area contributed by atoms with E-state index in [0.717, 1.165) is 24.0 Å². The average Bonchev–Trinajstić information content (AvgIpc) is 3.50. The quantitative estimate of drug-likeness (QED) is 0.690. The first-order valence-corrected chi connectivity index (χ1v) is 10.2. The number of hydrogen-bond donors (Lipinski definition) is 0. The van der Waals surface area contributed by atoms with Crippen LogP contribution in [0.3, 0.4) is 0 Å². The lowest BCUT2D eigenvalue weighted by Gasteiger charge is -2.23. The highest BCUT2D eigenvalue weighted by Crippen LogP contribution is 2.40. The molecule has 27 heavy (non-hydrogen) atoms. The second-order valence-electron chi connectivity index (χ2n) is 6.63. The Morgan fingerprint density at radius 3 is 1.96 bits per heavy atom. The Bertz CT molecular complexity index is 879. The van der Waals surface area contributed by atoms with Gasteiger partial charge in [-0.2, -0.15) is 4.31 Å². The fourth-order valence-electron chi connectivity index (χ4n) is 3.03. The summed E-state index contributed by atoms with van der Waals surface area (Å²) in [6.45, 7) is 2.18. The van der Waals surface area contributed by atoms with Crippen LogP contribution in [0.4, 0.5) is 0 Å². The monoisotopic (exact) mass is 391 g/mol. The molecule has 6 nitrogen and oxygen atoms in total. The van der Waals surface area contributed by atoms with Crippen LogP contribution in [0.2, 0.25) is 0 Å². The Labute approximate surface area is 160 Å². The standard InChI is InChI=1S/C20H25NO5S/c1-14-5-9-17(10-6-14)27(22,23)21(16-7-8-16)13-15-11-18(24-2)20(26-4)19(12-15)25-3/h5-6,9-12,16H,7-8,13H2,1-4H3. The molecule has 1 aliphatic rings. The Morgan fingerprint density at radius 2 is 1.52 bits per heavy atom. The third-order valence-corrected chi connectivity index (χ3v) is 6.56. The lowest BCUT2D eigenvalue weighted by Crippen LogP contribution is -2.32. The molecule has 1 saturated carbocycles. The largest absolute Gasteiger partial charge is 0.493 e. The molecule has 3 rings (SSSR count). The van der Waals surface area contributed by atoms with E-state index in [9.17, 15) is 8.42 Å². The van der Waals surface area contributed by atoms with Crippen LogP contribution in [0.15, 0.2) is 41.3 Å². The molecule has 7 heteroatoms. The van der Waals surface area contributed by atoms with Gasteiger partial charge in [-0.1, -0.05) is 17.7 Å². The van der Waals surface area contributed by atoms with Gasteiger partial charge in [0.15, 0.2) is 11.5 Å². The molecule has 0 amide bonds. The molecule has 0 atom stereocenters. The van der Waals surface area contributed by atoms with Gasteiger partial charge in [0.25, 0.3) is 0 Å². The van der Waals surface area contributed by atoms with Gasteiger partial charge in [-0.05, 0) is 49.6 Å². The number of ether oxygens (including phenoxy) is 3. The van der Waals surface area contributed by atoms with Crippen molar-refractivity contribution in [1.29, 1.82) is 0 Å². The van der Waals surface area contributed by atoms with Crippen molar-refractivity contribution in [2.24, 2.45) is 0 Å². The van der Waals surface area contributed by atoms with E-state index in [1.807, 2.05) is 19.1 Å². The van der Waals surface area contributed by atoms with Crippen LogP contribution in [-0.2, 0) is 16.6 Å². The van der Waals surface area contributed by atoms with Crippen molar-refractivity contribution in [2.45, 2.75) is 37.2 Å². The molecule has 0 unspecified atom stereocenters. The second-order valence-corrected chi connectivity index (χ2v) is 8.52. The van der Waals surface area contributed by atoms with Gasteiger partial charge in [0.05, 0.1) is 26.2 Å². The van der Waals surface area contributed by atoms with Gasteiger partial charge >= 0.3 is 0 Å². The highest BCUT2D eigenvalue weighted by molar-refractivity contribution is 7.89. The number of sulfonamides is 1. The minimum Gasteiger partial charge on any atom is -0.493 e. The van der Waals surface area contributed by atoms with Gasteiger partial charge in [0.1, 0.15) is 0 Å². The van der Waals surface area contributed by atoms with Crippen molar-refractivity contribution < 1.29 is 22.6 Å². The fraction of sp³-hybridized carbons (Fsp3) is 0.400. The highest BCUT2D eigenvalue weighted by Gasteiger charge is 2.38. The molecule has 0 aliphatic heterocycles. The van der Waals surface area contributed by atoms with Crippen LogP contribution in [0.5, 0.6) is 17.2 Å². The van der Waals surface area contributed by atoms with Crippen LogP contribution in [0.25, 0.3) is 0 Å². The van der Waals surface area contributed by atoms with E-state index in [0.29, 0.717) is 22.1 Å². The van der Waals surface area contributed by atoms with Gasteiger partial charge < -0.3 is 14.2 Å². The molecule has 0 spiro atoms. The second kappa shape index (κ2) is 7.78. The number of methoxy groups -OCH3 is 3. The molecule has 146 valence electrons. The molecule has 0 heterocycles. The van der Waals surface area contributed by atoms with E-state index in [-0.39, 0.29) is 12.6 Å². The SMILES string of the molecule is COc1cc(CN(C2CC2)S(=O)(=O)c2ccc(C)cc2)cc(OC)c1OC. The Hall–Kier alpha value is -2.25. The molecule has 2 aromatic carbocycles. The van der Waals surface area contributed by atoms with E-state index in [1.165, 1.54) is 0 Å². The van der Waals surface area contributed by atoms with Crippen molar-refractivity contribution in [1.82, 2.24) is 4.31 Å². The van der Waals surface area contributed by atoms with Crippen molar-refractivity contribution in [3.8, 4) is 17.2 Å². The summed E-state index contributed by atoms with van der Waals surface area (Å²) in [6, 6.07) is 10.6. The Morgan fingerprint density at radius 1 is 0.963 bits per heavy atom. The number of hydrogen-bond acceptors (Lipinski definition) is 5. The molecule has 1 aliphatic carbocycles. The number of aryl methyl sites for hydroxylation is 1. The molecule has 0 aromatic heterocycles. The average molecular weight is 391 g/mol. The molecular weight excluding hydrogens is 366 g/mol. The molecule has 0 radical (unpaired) electrons. The Balaban J connectivity index is 1.97. The molecule has 0 N–H and O–H groups in total. The first kappa shape index (κ1) is 19.5. The number of benzene rings is 2. The first-order valence-electron chi connectivity index (χ1n) is 8.78. The lowest BCUT2D eigenvalue weighted by molar-refractivity contribution is 0.322. The normalized spacial score (nSPS) is 14.3. The summed E-state index contributed by atoms with van der Waals surface area (Å²) >= 11 is 0. The van der Waals surface area contributed by atoms with Crippen molar-refractivity contribution in [3.05, 3.63) is 47.5 Å². The summed E-state index contributed by atoms with van der Waals surface area (Å²) in [5, 5.41) is 0. The predicted octanol–water partition coefficient (Wildman–Crippen LogP) is 3.37. The minimum absolute atomic E-state index is 0.0235. The van der Waals surface area contributed by atoms with Crippen molar-refractivity contribution >= 4 is 10.0 Å². The minimum atomic E-state index is -3.59. The van der Waals surface area contributed by atoms with Gasteiger partial charge in [-0.25, -0.2) is 8.42 Å². The van der Waals surface area contributed by atoms with E-state index in [1.54, 1.807) is 49.9 Å². The fourth-order valence-corrected chi connectivity index (χ4v) is 4.70. The lowest BCUT2D eigenvalue weighted by atomic mass is 10.1. The van der Waals surface area contributed by atoms with E-state index in [2.05, 4.69) is 0 Å². The molecule has 0 saturated heterocycles. The molecule has 2 aromatic rings. The third kappa shape index (κ3) is 4.04. The van der Waals surface area contributed by atoms with Crippen LogP contribution < -0.4 is 14.2 Å². The maximum absolute atomic E-state index is 13.2. The van der Waals surface area contributed by atoms with Crippen LogP contribution in [-0.4, -0.2) is 40.1 Å². The predicted molar refractivity (Wildman–Crippen MR) is 103 cm³/mol. The highest BCUT2D eigenvalue weighted by atomic mass is 32.2. The topological polar surface area (TPSA) is 65.1 Å². The Kier molecular flexibility index (Phi) is 5.62. The van der Waals surface area contributed by atoms with Crippen LogP contribution >= 0.6 is 0 Å². The molecule has 0 bridgehead atoms. The number of rotatable bonds is 8. The molecule has 1 fully saturated rings. The summed E-state index contributed by atoms with van der Waals surface area (Å²) in [5.41, 5.74) is 1.81. The van der Waals surface area contributed by atoms with Crippen molar-refractivity contribution in [3.63, 3.8) is 0 Å².